The van der Waals surface area contributed by atoms with Gasteiger partial charge >= 0.3 is 0 Å². The minimum Gasteiger partial charge on any atom is -0.361 e. The van der Waals surface area contributed by atoms with Gasteiger partial charge in [0.15, 0.2) is 0 Å². The lowest BCUT2D eigenvalue weighted by Gasteiger charge is -2.22. The highest BCUT2D eigenvalue weighted by molar-refractivity contribution is 5.35. The van der Waals surface area contributed by atoms with E-state index < -0.39 is 0 Å². The largest absolute Gasteiger partial charge is 0.361 e. The van der Waals surface area contributed by atoms with Crippen LogP contribution in [0.5, 0.6) is 0 Å². The van der Waals surface area contributed by atoms with Gasteiger partial charge in [0, 0.05) is 14.2 Å². The van der Waals surface area contributed by atoms with Gasteiger partial charge in [0.25, 0.3) is 0 Å². The Bertz CT molecular complexity index is 403. The molecule has 1 rings (SSSR count). The Morgan fingerprint density at radius 2 is 1.14 bits per heavy atom. The molecule has 0 fully saturated rings. The van der Waals surface area contributed by atoms with Gasteiger partial charge in [0.1, 0.15) is 18.3 Å². The lowest BCUT2D eigenvalue weighted by molar-refractivity contribution is 0.0860. The average molecular weight is 297 g/mol. The van der Waals surface area contributed by atoms with Crippen LogP contribution >= 0.6 is 0 Å². The Hall–Kier alpha value is -1.47. The summed E-state index contributed by atoms with van der Waals surface area (Å²) in [6, 6.07) is 0. The summed E-state index contributed by atoms with van der Waals surface area (Å²) in [7, 11) is 3.31. The van der Waals surface area contributed by atoms with Crippen LogP contribution in [0.15, 0.2) is 0 Å². The molecule has 0 aromatic carbocycles. The lowest BCUT2D eigenvalue weighted by atomic mass is 10.2. The molecule has 0 bridgehead atoms. The van der Waals surface area contributed by atoms with Crippen LogP contribution in [-0.2, 0) is 9.47 Å². The molecule has 0 aliphatic carbocycles. The van der Waals surface area contributed by atoms with Crippen molar-refractivity contribution >= 4 is 11.9 Å². The van der Waals surface area contributed by atoms with Gasteiger partial charge in [0.2, 0.25) is 11.9 Å². The summed E-state index contributed by atoms with van der Waals surface area (Å²) >= 11 is 0. The summed E-state index contributed by atoms with van der Waals surface area (Å²) in [5, 5.41) is 6.33. The maximum atomic E-state index is 5.38. The Balaban J connectivity index is 2.89. The van der Waals surface area contributed by atoms with Crippen LogP contribution in [0.4, 0.5) is 11.9 Å². The van der Waals surface area contributed by atoms with Crippen LogP contribution < -0.4 is 10.6 Å². The number of aryl methyl sites for hydroxylation is 1. The van der Waals surface area contributed by atoms with E-state index in [0.29, 0.717) is 29.6 Å². The van der Waals surface area contributed by atoms with Crippen molar-refractivity contribution in [1.82, 2.24) is 15.0 Å². The summed E-state index contributed by atoms with van der Waals surface area (Å²) in [5.74, 6) is 2.21. The molecule has 0 radical (unpaired) electrons. The third kappa shape index (κ3) is 5.43. The van der Waals surface area contributed by atoms with Gasteiger partial charge in [-0.2, -0.15) is 15.0 Å². The summed E-state index contributed by atoms with van der Waals surface area (Å²) < 4.78 is 10.8. The van der Waals surface area contributed by atoms with E-state index in [1.807, 2.05) is 6.92 Å². The molecule has 0 amide bonds. The Morgan fingerprint density at radius 1 is 0.762 bits per heavy atom. The highest BCUT2D eigenvalue weighted by Crippen LogP contribution is 2.13. The minimum absolute atomic E-state index is 0.150. The Morgan fingerprint density at radius 3 is 1.43 bits per heavy atom. The number of rotatable bonds is 8. The summed E-state index contributed by atoms with van der Waals surface area (Å²) in [5.41, 5.74) is 0. The molecule has 120 valence electrons. The van der Waals surface area contributed by atoms with Gasteiger partial charge in [-0.1, -0.05) is 27.7 Å². The topological polar surface area (TPSA) is 81.2 Å². The molecule has 0 saturated carbocycles. The molecule has 1 aromatic rings. The zero-order chi connectivity index (χ0) is 16.0. The fourth-order valence-corrected chi connectivity index (χ4v) is 1.86. The second kappa shape index (κ2) is 8.09. The van der Waals surface area contributed by atoms with Gasteiger partial charge in [-0.25, -0.2) is 0 Å². The average Bonchev–Trinajstić information content (AvgIpc) is 2.40. The number of hydrogen-bond acceptors (Lipinski definition) is 7. The second-order valence-electron chi connectivity index (χ2n) is 5.62. The number of nitrogens with one attached hydrogen (secondary N) is 2. The fraction of sp³-hybridized carbons (Fsp3) is 0.786. The van der Waals surface area contributed by atoms with E-state index in [1.54, 1.807) is 14.2 Å². The molecular formula is C14H27N5O2. The zero-order valence-electron chi connectivity index (χ0n) is 14.0. The molecule has 7 nitrogen and oxygen atoms in total. The second-order valence-corrected chi connectivity index (χ2v) is 5.62. The third-order valence-electron chi connectivity index (χ3n) is 3.01. The van der Waals surface area contributed by atoms with Crippen LogP contribution in [0.25, 0.3) is 0 Å². The van der Waals surface area contributed by atoms with E-state index in [2.05, 4.69) is 53.3 Å². The van der Waals surface area contributed by atoms with Crippen molar-refractivity contribution < 1.29 is 9.47 Å². The monoisotopic (exact) mass is 297 g/mol. The lowest BCUT2D eigenvalue weighted by Crippen LogP contribution is -2.31. The molecule has 2 unspecified atom stereocenters. The van der Waals surface area contributed by atoms with Crippen molar-refractivity contribution in [2.75, 3.05) is 24.9 Å². The van der Waals surface area contributed by atoms with Gasteiger partial charge in [0.05, 0.1) is 0 Å². The predicted octanol–water partition coefficient (Wildman–Crippen LogP) is 2.26. The van der Waals surface area contributed by atoms with E-state index in [1.165, 1.54) is 0 Å². The molecule has 1 heterocycles. The SMILES string of the molecule is COC(Nc1nc(C)nc(NC(OC)C(C)C)n1)C(C)C. The van der Waals surface area contributed by atoms with E-state index >= 15 is 0 Å². The standard InChI is InChI=1S/C14H27N5O2/c1-8(2)11(20-6)17-13-15-10(5)16-14(19-13)18-12(21-7)9(3)4/h8-9,11-12H,1-7H3,(H2,15,16,17,18,19). The quantitative estimate of drug-likeness (QED) is 0.712. The first-order valence-electron chi connectivity index (χ1n) is 7.18. The molecule has 21 heavy (non-hydrogen) atoms. The number of ether oxygens (including phenoxy) is 2. The first kappa shape index (κ1) is 17.6. The van der Waals surface area contributed by atoms with Crippen LogP contribution in [0.3, 0.4) is 0 Å². The van der Waals surface area contributed by atoms with Crippen LogP contribution in [-0.4, -0.2) is 41.6 Å². The molecule has 1 aromatic heterocycles. The predicted molar refractivity (Wildman–Crippen MR) is 83.1 cm³/mol. The Labute approximate surface area is 126 Å². The number of anilines is 2. The van der Waals surface area contributed by atoms with Gasteiger partial charge < -0.3 is 20.1 Å². The number of nitrogens with zero attached hydrogens (tertiary/aromatic N) is 3. The van der Waals surface area contributed by atoms with Gasteiger partial charge in [-0.15, -0.1) is 0 Å². The van der Waals surface area contributed by atoms with Gasteiger partial charge in [-0.3, -0.25) is 0 Å². The Kier molecular flexibility index (Phi) is 6.77. The van der Waals surface area contributed by atoms with Crippen molar-refractivity contribution in [2.24, 2.45) is 11.8 Å². The smallest absolute Gasteiger partial charge is 0.229 e. The number of hydrogen-bond donors (Lipinski definition) is 2. The summed E-state index contributed by atoms with van der Waals surface area (Å²) in [4.78, 5) is 12.9. The van der Waals surface area contributed by atoms with Crippen molar-refractivity contribution in [2.45, 2.75) is 47.1 Å². The molecule has 0 saturated heterocycles. The van der Waals surface area contributed by atoms with Crippen molar-refractivity contribution in [3.05, 3.63) is 5.82 Å². The van der Waals surface area contributed by atoms with Gasteiger partial charge in [-0.05, 0) is 18.8 Å². The van der Waals surface area contributed by atoms with E-state index in [0.717, 1.165) is 0 Å². The highest BCUT2D eigenvalue weighted by Gasteiger charge is 2.17. The number of methoxy groups -OCH3 is 2. The maximum Gasteiger partial charge on any atom is 0.229 e. The van der Waals surface area contributed by atoms with Crippen molar-refractivity contribution in [1.29, 1.82) is 0 Å². The zero-order valence-corrected chi connectivity index (χ0v) is 14.0. The third-order valence-corrected chi connectivity index (χ3v) is 3.01. The maximum absolute atomic E-state index is 5.38. The number of aromatic nitrogens is 3. The van der Waals surface area contributed by atoms with Crippen LogP contribution in [0, 0.1) is 18.8 Å². The van der Waals surface area contributed by atoms with E-state index in [-0.39, 0.29) is 12.5 Å². The molecule has 0 aliphatic rings. The first-order valence-corrected chi connectivity index (χ1v) is 7.18. The molecular weight excluding hydrogens is 270 g/mol. The summed E-state index contributed by atoms with van der Waals surface area (Å²) in [6.07, 6.45) is -0.300. The normalized spacial score (nSPS) is 14.3. The van der Waals surface area contributed by atoms with Crippen molar-refractivity contribution in [3.63, 3.8) is 0 Å². The molecule has 0 aliphatic heterocycles. The fourth-order valence-electron chi connectivity index (χ4n) is 1.86. The minimum atomic E-state index is -0.150. The molecule has 2 N–H and O–H groups in total. The van der Waals surface area contributed by atoms with Crippen molar-refractivity contribution in [3.8, 4) is 0 Å². The van der Waals surface area contributed by atoms with Crippen LogP contribution in [0.1, 0.15) is 33.5 Å². The van der Waals surface area contributed by atoms with E-state index in [4.69, 9.17) is 9.47 Å². The summed E-state index contributed by atoms with van der Waals surface area (Å²) in [6.45, 7) is 10.1. The first-order chi connectivity index (χ1) is 9.87. The van der Waals surface area contributed by atoms with E-state index in [9.17, 15) is 0 Å². The highest BCUT2D eigenvalue weighted by atomic mass is 16.5. The van der Waals surface area contributed by atoms with Crippen LogP contribution in [0.2, 0.25) is 0 Å². The molecule has 2 atom stereocenters. The molecule has 7 heteroatoms. The molecule has 0 spiro atoms.